The van der Waals surface area contributed by atoms with Gasteiger partial charge in [0.2, 0.25) is 5.75 Å². The van der Waals surface area contributed by atoms with Crippen LogP contribution < -0.4 is 4.74 Å². The third kappa shape index (κ3) is 4.11. The highest BCUT2D eigenvalue weighted by molar-refractivity contribution is 8.18. The summed E-state index contributed by atoms with van der Waals surface area (Å²) in [5.41, 5.74) is -0.0465. The summed E-state index contributed by atoms with van der Waals surface area (Å²) in [6, 6.07) is 10.6. The zero-order chi connectivity index (χ0) is 21.1. The molecule has 0 saturated carbocycles. The fraction of sp³-hybridized carbons (Fsp3) is 0.105. The molecule has 29 heavy (non-hydrogen) atoms. The minimum Gasteiger partial charge on any atom is -0.500 e. The monoisotopic (exact) mass is 414 g/mol. The number of amides is 2. The molecule has 1 saturated heterocycles. The van der Waals surface area contributed by atoms with E-state index in [2.05, 4.69) is 0 Å². The highest BCUT2D eigenvalue weighted by Crippen LogP contribution is 2.39. The molecule has 2 aromatic carbocycles. The van der Waals surface area contributed by atoms with Crippen LogP contribution in [0.1, 0.15) is 15.9 Å². The van der Waals surface area contributed by atoms with Crippen molar-refractivity contribution in [2.24, 2.45) is 0 Å². The zero-order valence-electron chi connectivity index (χ0n) is 15.0. The number of ether oxygens (including phenoxy) is 1. The van der Waals surface area contributed by atoms with E-state index in [1.165, 1.54) is 19.3 Å². The molecule has 148 valence electrons. The van der Waals surface area contributed by atoms with Gasteiger partial charge in [0.15, 0.2) is 11.5 Å². The van der Waals surface area contributed by atoms with E-state index in [9.17, 15) is 29.6 Å². The second-order valence-corrected chi connectivity index (χ2v) is 6.90. The first-order chi connectivity index (χ1) is 13.8. The molecule has 0 unspecified atom stereocenters. The van der Waals surface area contributed by atoms with Gasteiger partial charge < -0.3 is 9.84 Å². The minimum atomic E-state index is -0.792. The minimum absolute atomic E-state index is 0.00194. The first-order valence-electron chi connectivity index (χ1n) is 8.21. The van der Waals surface area contributed by atoms with E-state index in [-0.39, 0.29) is 16.2 Å². The number of Topliss-reactive ketones (excluding diaryl/α,β-unsaturated/α-hetero) is 1. The Morgan fingerprint density at radius 2 is 1.97 bits per heavy atom. The van der Waals surface area contributed by atoms with Crippen molar-refractivity contribution in [2.45, 2.75) is 0 Å². The molecule has 0 radical (unpaired) electrons. The lowest BCUT2D eigenvalue weighted by molar-refractivity contribution is -0.386. The van der Waals surface area contributed by atoms with Gasteiger partial charge >= 0.3 is 5.69 Å². The third-order valence-corrected chi connectivity index (χ3v) is 4.97. The van der Waals surface area contributed by atoms with E-state index in [0.717, 1.165) is 11.0 Å². The van der Waals surface area contributed by atoms with Gasteiger partial charge in [-0.25, -0.2) is 0 Å². The first-order valence-corrected chi connectivity index (χ1v) is 9.02. The number of methoxy groups -OCH3 is 1. The van der Waals surface area contributed by atoms with E-state index in [0.29, 0.717) is 17.3 Å². The number of hydrogen-bond donors (Lipinski definition) is 1. The number of carbonyl (C=O) groups excluding carboxylic acids is 3. The summed E-state index contributed by atoms with van der Waals surface area (Å²) < 4.78 is 4.91. The van der Waals surface area contributed by atoms with E-state index >= 15 is 0 Å². The standard InChI is InChI=1S/C19H14N2O7S/c1-28-15-8-11(7-13(17(15)23)21(26)27)9-16-18(24)20(19(25)29-16)10-14(22)12-5-3-2-4-6-12/h2-9,23H,10H2,1H3/b16-9-. The largest absolute Gasteiger partial charge is 0.500 e. The maximum atomic E-state index is 12.6. The van der Waals surface area contributed by atoms with Gasteiger partial charge in [0, 0.05) is 11.6 Å². The number of phenolic OH excluding ortho intramolecular Hbond substituents is 1. The molecule has 9 nitrogen and oxygen atoms in total. The third-order valence-electron chi connectivity index (χ3n) is 4.06. The Labute approximate surface area is 168 Å². The molecular weight excluding hydrogens is 400 g/mol. The second-order valence-electron chi connectivity index (χ2n) is 5.91. The number of carbonyl (C=O) groups is 3. The van der Waals surface area contributed by atoms with Crippen molar-refractivity contribution in [1.82, 2.24) is 4.90 Å². The Morgan fingerprint density at radius 3 is 2.59 bits per heavy atom. The molecule has 0 atom stereocenters. The lowest BCUT2D eigenvalue weighted by atomic mass is 10.1. The van der Waals surface area contributed by atoms with Crippen molar-refractivity contribution in [3.05, 3.63) is 68.6 Å². The number of benzene rings is 2. The fourth-order valence-electron chi connectivity index (χ4n) is 2.64. The molecule has 1 fully saturated rings. The Hall–Kier alpha value is -3.66. The average molecular weight is 414 g/mol. The maximum Gasteiger partial charge on any atom is 0.315 e. The number of rotatable bonds is 6. The predicted molar refractivity (Wildman–Crippen MR) is 105 cm³/mol. The van der Waals surface area contributed by atoms with Crippen molar-refractivity contribution in [2.75, 3.05) is 13.7 Å². The number of nitrogens with zero attached hydrogens (tertiary/aromatic N) is 2. The number of phenols is 1. The Morgan fingerprint density at radius 1 is 1.28 bits per heavy atom. The lowest BCUT2D eigenvalue weighted by Crippen LogP contribution is -2.33. The van der Waals surface area contributed by atoms with Gasteiger partial charge in [0.05, 0.1) is 23.5 Å². The van der Waals surface area contributed by atoms with Crippen LogP contribution in [0.25, 0.3) is 6.08 Å². The molecule has 1 aliphatic rings. The number of nitro benzene ring substituents is 1. The number of imide groups is 1. The van der Waals surface area contributed by atoms with Gasteiger partial charge in [-0.1, -0.05) is 30.3 Å². The van der Waals surface area contributed by atoms with E-state index in [1.54, 1.807) is 30.3 Å². The Bertz CT molecular complexity index is 1050. The molecule has 0 aliphatic carbocycles. The predicted octanol–water partition coefficient (Wildman–Crippen LogP) is 3.23. The molecule has 2 aromatic rings. The van der Waals surface area contributed by atoms with Crippen LogP contribution in [0.4, 0.5) is 10.5 Å². The van der Waals surface area contributed by atoms with Crippen LogP contribution in [0.2, 0.25) is 0 Å². The van der Waals surface area contributed by atoms with Crippen molar-refractivity contribution in [1.29, 1.82) is 0 Å². The van der Waals surface area contributed by atoms with Crippen molar-refractivity contribution in [3.63, 3.8) is 0 Å². The SMILES string of the molecule is COc1cc(/C=C2\SC(=O)N(CC(=O)c3ccccc3)C2=O)cc([N+](=O)[O-])c1O. The molecule has 0 spiro atoms. The summed E-state index contributed by atoms with van der Waals surface area (Å²) in [7, 11) is 1.23. The zero-order valence-corrected chi connectivity index (χ0v) is 15.8. The van der Waals surface area contributed by atoms with Crippen LogP contribution in [-0.4, -0.2) is 45.5 Å². The highest BCUT2D eigenvalue weighted by atomic mass is 32.2. The highest BCUT2D eigenvalue weighted by Gasteiger charge is 2.36. The van der Waals surface area contributed by atoms with Crippen LogP contribution in [0.15, 0.2) is 47.4 Å². The number of aromatic hydroxyl groups is 1. The molecule has 10 heteroatoms. The van der Waals surface area contributed by atoms with Crippen molar-refractivity contribution >= 4 is 40.5 Å². The molecule has 0 bridgehead atoms. The second kappa shape index (κ2) is 8.15. The number of thioether (sulfide) groups is 1. The quantitative estimate of drug-likeness (QED) is 0.330. The molecule has 3 rings (SSSR count). The molecular formula is C19H14N2O7S. The number of nitro groups is 1. The molecule has 0 aromatic heterocycles. The van der Waals surface area contributed by atoms with Gasteiger partial charge in [0.25, 0.3) is 11.1 Å². The Balaban J connectivity index is 1.87. The normalized spacial score (nSPS) is 15.1. The summed E-state index contributed by atoms with van der Waals surface area (Å²) in [5.74, 6) is -1.87. The molecule has 2 amide bonds. The van der Waals surface area contributed by atoms with Crippen molar-refractivity contribution < 1.29 is 29.2 Å². The molecule has 1 heterocycles. The number of hydrogen-bond acceptors (Lipinski definition) is 8. The molecule has 1 aliphatic heterocycles. The van der Waals surface area contributed by atoms with Gasteiger partial charge in [-0.05, 0) is 29.5 Å². The van der Waals surface area contributed by atoms with Crippen LogP contribution in [-0.2, 0) is 4.79 Å². The van der Waals surface area contributed by atoms with Crippen LogP contribution >= 0.6 is 11.8 Å². The number of ketones is 1. The van der Waals surface area contributed by atoms with E-state index in [1.807, 2.05) is 0 Å². The van der Waals surface area contributed by atoms with Crippen LogP contribution in [0, 0.1) is 10.1 Å². The first kappa shape index (κ1) is 20.1. The topological polar surface area (TPSA) is 127 Å². The van der Waals surface area contributed by atoms with E-state index < -0.39 is 39.8 Å². The van der Waals surface area contributed by atoms with Crippen LogP contribution in [0.5, 0.6) is 11.5 Å². The smallest absolute Gasteiger partial charge is 0.315 e. The van der Waals surface area contributed by atoms with Gasteiger partial charge in [-0.3, -0.25) is 29.4 Å². The Kier molecular flexibility index (Phi) is 5.64. The lowest BCUT2D eigenvalue weighted by Gasteiger charge is -2.11. The summed E-state index contributed by atoms with van der Waals surface area (Å²) in [6.45, 7) is -0.412. The summed E-state index contributed by atoms with van der Waals surface area (Å²) in [6.07, 6.45) is 1.27. The van der Waals surface area contributed by atoms with Gasteiger partial charge in [-0.15, -0.1) is 0 Å². The van der Waals surface area contributed by atoms with Crippen molar-refractivity contribution in [3.8, 4) is 11.5 Å². The molecule has 1 N–H and O–H groups in total. The summed E-state index contributed by atoms with van der Waals surface area (Å²) >= 11 is 0.619. The summed E-state index contributed by atoms with van der Waals surface area (Å²) in [5, 5.41) is 20.3. The van der Waals surface area contributed by atoms with Gasteiger partial charge in [-0.2, -0.15) is 0 Å². The average Bonchev–Trinajstić information content (AvgIpc) is 2.96. The maximum absolute atomic E-state index is 12.6. The van der Waals surface area contributed by atoms with Gasteiger partial charge in [0.1, 0.15) is 0 Å². The van der Waals surface area contributed by atoms with Crippen LogP contribution in [0.3, 0.4) is 0 Å². The van der Waals surface area contributed by atoms with E-state index in [4.69, 9.17) is 4.74 Å². The fourth-order valence-corrected chi connectivity index (χ4v) is 3.48. The summed E-state index contributed by atoms with van der Waals surface area (Å²) in [4.78, 5) is 48.2.